The molecule has 69 heavy (non-hydrogen) atoms. The van der Waals surface area contributed by atoms with E-state index in [1.54, 1.807) is 0 Å². The van der Waals surface area contributed by atoms with Gasteiger partial charge < -0.3 is 9.64 Å². The minimum atomic E-state index is -0.636. The maximum absolute atomic E-state index is 6.80. The van der Waals surface area contributed by atoms with Crippen LogP contribution in [0.1, 0.15) is 44.5 Å². The molecule has 0 saturated heterocycles. The molecule has 11 aromatic carbocycles. The summed E-state index contributed by atoms with van der Waals surface area (Å²) >= 11 is 1.89. The van der Waals surface area contributed by atoms with Crippen molar-refractivity contribution in [3.8, 4) is 44.9 Å². The third-order valence-electron chi connectivity index (χ3n) is 15.4. The molecule has 2 heterocycles. The fourth-order valence-electron chi connectivity index (χ4n) is 12.8. The number of hydrogen-bond donors (Lipinski definition) is 0. The van der Waals surface area contributed by atoms with Crippen molar-refractivity contribution < 1.29 is 4.74 Å². The Kier molecular flexibility index (Phi) is 8.17. The van der Waals surface area contributed by atoms with Gasteiger partial charge in [0.25, 0.3) is 0 Å². The largest absolute Gasteiger partial charge is 0.457 e. The summed E-state index contributed by atoms with van der Waals surface area (Å²) in [5, 5.41) is 2.39. The summed E-state index contributed by atoms with van der Waals surface area (Å²) < 4.78 is 6.80. The standard InChI is InChI=1S/C66H41NOS/c1-2-21-42(22-3-1)44-24-8-15-35-56(44)67(57-36-20-34-54-62(57)46-26-6-9-28-48(46)65(54)50-30-11-16-37-58(50)68-59-38-17-12-31-51(59)65)64-45-25-5-4-23-43(45)41-55-63(64)47-27-7-10-29-49(47)66(55)52-32-13-18-39-60(52)69-61-40-19-14-33-53(61)66/h1-41H. The van der Waals surface area contributed by atoms with Crippen molar-refractivity contribution in [1.29, 1.82) is 0 Å². The zero-order valence-electron chi connectivity index (χ0n) is 37.4. The number of anilines is 3. The van der Waals surface area contributed by atoms with E-state index < -0.39 is 10.8 Å². The van der Waals surface area contributed by atoms with Crippen LogP contribution in [-0.2, 0) is 10.8 Å². The highest BCUT2D eigenvalue weighted by molar-refractivity contribution is 7.99. The normalized spacial score (nSPS) is 14.4. The van der Waals surface area contributed by atoms with Gasteiger partial charge in [-0.15, -0.1) is 0 Å². The Morgan fingerprint density at radius 3 is 1.49 bits per heavy atom. The van der Waals surface area contributed by atoms with Gasteiger partial charge in [-0.05, 0) is 97.9 Å². The van der Waals surface area contributed by atoms with Crippen molar-refractivity contribution >= 4 is 39.6 Å². The van der Waals surface area contributed by atoms with Gasteiger partial charge in [0.05, 0.1) is 27.9 Å². The van der Waals surface area contributed by atoms with E-state index in [2.05, 4.69) is 254 Å². The lowest BCUT2D eigenvalue weighted by Gasteiger charge is -2.40. The van der Waals surface area contributed by atoms with Crippen molar-refractivity contribution in [3.05, 3.63) is 293 Å². The maximum Gasteiger partial charge on any atom is 0.132 e. The summed E-state index contributed by atoms with van der Waals surface area (Å²) in [6, 6.07) is 92.6. The second-order valence-electron chi connectivity index (χ2n) is 18.6. The number of fused-ring (bicyclic) bond motifs is 19. The van der Waals surface area contributed by atoms with E-state index in [0.29, 0.717) is 0 Å². The maximum atomic E-state index is 6.80. The molecule has 0 bridgehead atoms. The van der Waals surface area contributed by atoms with Crippen LogP contribution in [0.2, 0.25) is 0 Å². The first-order valence-corrected chi connectivity index (χ1v) is 24.7. The average Bonchev–Trinajstić information content (AvgIpc) is 3.87. The Hall–Kier alpha value is -8.37. The summed E-state index contributed by atoms with van der Waals surface area (Å²) in [4.78, 5) is 5.24. The number of para-hydroxylation sites is 3. The summed E-state index contributed by atoms with van der Waals surface area (Å²) in [7, 11) is 0. The SMILES string of the molecule is c1ccc(-c2ccccc2N(c2cccc3c2-c2ccccc2C32c3ccccc3Oc3ccccc32)c2c3c(cc4ccccc24)C2(c4ccccc4Sc4ccccc42)c2ccccc2-3)cc1. The van der Waals surface area contributed by atoms with Crippen molar-refractivity contribution in [1.82, 2.24) is 0 Å². The van der Waals surface area contributed by atoms with Crippen LogP contribution in [-0.4, -0.2) is 0 Å². The van der Waals surface area contributed by atoms with Crippen LogP contribution in [0.3, 0.4) is 0 Å². The fourth-order valence-corrected chi connectivity index (χ4v) is 14.0. The van der Waals surface area contributed by atoms with E-state index in [0.717, 1.165) is 45.1 Å². The Morgan fingerprint density at radius 1 is 0.333 bits per heavy atom. The van der Waals surface area contributed by atoms with E-state index in [1.165, 1.54) is 81.9 Å². The lowest BCUT2D eigenvalue weighted by Crippen LogP contribution is -2.32. The van der Waals surface area contributed by atoms with Crippen LogP contribution in [0.15, 0.2) is 259 Å². The number of hydrogen-bond acceptors (Lipinski definition) is 3. The Morgan fingerprint density at radius 2 is 0.812 bits per heavy atom. The van der Waals surface area contributed by atoms with Crippen molar-refractivity contribution in [2.45, 2.75) is 20.6 Å². The summed E-state index contributed by atoms with van der Waals surface area (Å²) in [5.74, 6) is 1.77. The molecule has 15 rings (SSSR count). The predicted octanol–water partition coefficient (Wildman–Crippen LogP) is 17.3. The van der Waals surface area contributed by atoms with Crippen LogP contribution in [0.4, 0.5) is 17.1 Å². The third kappa shape index (κ3) is 5.07. The topological polar surface area (TPSA) is 12.5 Å². The molecule has 0 aromatic heterocycles. The summed E-state index contributed by atoms with van der Waals surface area (Å²) in [5.41, 5.74) is 19.5. The van der Waals surface area contributed by atoms with Gasteiger partial charge in [-0.3, -0.25) is 0 Å². The van der Waals surface area contributed by atoms with Gasteiger partial charge in [0, 0.05) is 43.0 Å². The van der Waals surface area contributed by atoms with Gasteiger partial charge in [0.2, 0.25) is 0 Å². The zero-order chi connectivity index (χ0) is 45.3. The van der Waals surface area contributed by atoms with Gasteiger partial charge in [0.15, 0.2) is 0 Å². The van der Waals surface area contributed by atoms with Crippen LogP contribution < -0.4 is 9.64 Å². The van der Waals surface area contributed by atoms with Crippen LogP contribution >= 0.6 is 11.8 Å². The molecule has 0 unspecified atom stereocenters. The number of rotatable bonds is 4. The van der Waals surface area contributed by atoms with Crippen LogP contribution in [0.5, 0.6) is 11.5 Å². The number of ether oxygens (including phenoxy) is 1. The molecule has 3 heteroatoms. The fraction of sp³-hybridized carbons (Fsp3) is 0.0303. The van der Waals surface area contributed by atoms with E-state index in [4.69, 9.17) is 4.74 Å². The summed E-state index contributed by atoms with van der Waals surface area (Å²) in [6.07, 6.45) is 0. The van der Waals surface area contributed by atoms with E-state index in [9.17, 15) is 0 Å². The molecule has 0 N–H and O–H groups in total. The highest BCUT2D eigenvalue weighted by Crippen LogP contribution is 2.68. The molecule has 0 saturated carbocycles. The molecule has 322 valence electrons. The van der Waals surface area contributed by atoms with Crippen molar-refractivity contribution in [2.75, 3.05) is 4.90 Å². The molecular weight excluding hydrogens is 855 g/mol. The first-order valence-electron chi connectivity index (χ1n) is 23.8. The van der Waals surface area contributed by atoms with Crippen molar-refractivity contribution in [2.24, 2.45) is 0 Å². The number of benzene rings is 11. The van der Waals surface area contributed by atoms with Gasteiger partial charge in [0.1, 0.15) is 11.5 Å². The van der Waals surface area contributed by atoms with E-state index in [1.807, 2.05) is 11.8 Å². The molecule has 0 amide bonds. The minimum absolute atomic E-state index is 0.571. The molecule has 2 aliphatic carbocycles. The van der Waals surface area contributed by atoms with Crippen LogP contribution in [0.25, 0.3) is 44.2 Å². The molecule has 0 fully saturated rings. The molecule has 2 nitrogen and oxygen atoms in total. The van der Waals surface area contributed by atoms with Crippen LogP contribution in [0, 0.1) is 0 Å². The second kappa shape index (κ2) is 14.6. The average molecular weight is 896 g/mol. The quantitative estimate of drug-likeness (QED) is 0.175. The molecule has 2 aliphatic heterocycles. The first-order chi connectivity index (χ1) is 34.3. The Labute approximate surface area is 405 Å². The Bertz CT molecular complexity index is 3850. The van der Waals surface area contributed by atoms with Gasteiger partial charge >= 0.3 is 0 Å². The summed E-state index contributed by atoms with van der Waals surface area (Å²) in [6.45, 7) is 0. The lowest BCUT2D eigenvalue weighted by atomic mass is 9.66. The minimum Gasteiger partial charge on any atom is -0.457 e. The second-order valence-corrected chi connectivity index (χ2v) is 19.7. The predicted molar refractivity (Wildman–Crippen MR) is 283 cm³/mol. The monoisotopic (exact) mass is 895 g/mol. The van der Waals surface area contributed by atoms with E-state index in [-0.39, 0.29) is 0 Å². The third-order valence-corrected chi connectivity index (χ3v) is 16.5. The van der Waals surface area contributed by atoms with Gasteiger partial charge in [-0.25, -0.2) is 0 Å². The number of nitrogens with zero attached hydrogens (tertiary/aromatic N) is 1. The lowest BCUT2D eigenvalue weighted by molar-refractivity contribution is 0.436. The van der Waals surface area contributed by atoms with Gasteiger partial charge in [-0.1, -0.05) is 218 Å². The molecule has 2 spiro atoms. The molecule has 4 aliphatic rings. The highest BCUT2D eigenvalue weighted by Gasteiger charge is 2.54. The smallest absolute Gasteiger partial charge is 0.132 e. The highest BCUT2D eigenvalue weighted by atomic mass is 32.2. The van der Waals surface area contributed by atoms with Gasteiger partial charge in [-0.2, -0.15) is 0 Å². The zero-order valence-corrected chi connectivity index (χ0v) is 38.3. The van der Waals surface area contributed by atoms with Crippen molar-refractivity contribution in [3.63, 3.8) is 0 Å². The molecular formula is C66H41NOS. The first kappa shape index (κ1) is 38.7. The molecule has 11 aromatic rings. The molecule has 0 radical (unpaired) electrons. The Balaban J connectivity index is 1.13. The van der Waals surface area contributed by atoms with E-state index >= 15 is 0 Å². The molecule has 0 atom stereocenters.